The molecule has 12 heteroatoms. The Morgan fingerprint density at radius 2 is 1.77 bits per heavy atom. The predicted octanol–water partition coefficient (Wildman–Crippen LogP) is 3.18. The largest absolute Gasteiger partial charge is 0.490 e. The summed E-state index contributed by atoms with van der Waals surface area (Å²) in [5.41, 5.74) is 1.04. The van der Waals surface area contributed by atoms with Gasteiger partial charge in [-0.15, -0.1) is 0 Å². The van der Waals surface area contributed by atoms with Crippen molar-refractivity contribution in [3.05, 3.63) is 35.9 Å². The summed E-state index contributed by atoms with van der Waals surface area (Å²) in [4.78, 5) is 48.9. The Hall–Kier alpha value is -3.15. The summed E-state index contributed by atoms with van der Waals surface area (Å²) in [5, 5.41) is 13.5. The van der Waals surface area contributed by atoms with E-state index < -0.39 is 18.1 Å². The molecule has 9 nitrogen and oxygen atoms in total. The number of carboxylic acid groups (broad SMARTS) is 1. The lowest BCUT2D eigenvalue weighted by Crippen LogP contribution is -2.46. The average Bonchev–Trinajstić information content (AvgIpc) is 2.95. The molecule has 0 spiro atoms. The van der Waals surface area contributed by atoms with Crippen LogP contribution in [0.15, 0.2) is 30.3 Å². The highest BCUT2D eigenvalue weighted by atomic mass is 19.4. The van der Waals surface area contributed by atoms with Gasteiger partial charge in [0.1, 0.15) is 0 Å². The van der Waals surface area contributed by atoms with Crippen molar-refractivity contribution >= 4 is 23.8 Å². The van der Waals surface area contributed by atoms with Crippen LogP contribution in [0.2, 0.25) is 0 Å². The first-order valence-electron chi connectivity index (χ1n) is 13.8. The van der Waals surface area contributed by atoms with E-state index in [0.29, 0.717) is 31.9 Å². The van der Waals surface area contributed by atoms with Gasteiger partial charge in [-0.25, -0.2) is 4.79 Å². The van der Waals surface area contributed by atoms with Gasteiger partial charge in [-0.3, -0.25) is 14.4 Å². The molecule has 1 aromatic carbocycles. The minimum absolute atomic E-state index is 0.0757. The van der Waals surface area contributed by atoms with Crippen LogP contribution >= 0.6 is 0 Å². The van der Waals surface area contributed by atoms with Crippen LogP contribution in [0.4, 0.5) is 13.2 Å². The number of hydrogen-bond donors (Lipinski definition) is 3. The highest BCUT2D eigenvalue weighted by molar-refractivity contribution is 5.82. The zero-order chi connectivity index (χ0) is 29.5. The number of piperidine rings is 2. The predicted molar refractivity (Wildman–Crippen MR) is 141 cm³/mol. The molecule has 40 heavy (non-hydrogen) atoms. The first-order chi connectivity index (χ1) is 19.0. The number of aliphatic carboxylic acids is 1. The van der Waals surface area contributed by atoms with E-state index in [2.05, 4.69) is 10.6 Å². The van der Waals surface area contributed by atoms with Gasteiger partial charge >= 0.3 is 18.1 Å². The molecule has 2 aliphatic rings. The third-order valence-electron chi connectivity index (χ3n) is 7.08. The minimum Gasteiger partial charge on any atom is -0.475 e. The van der Waals surface area contributed by atoms with E-state index in [1.165, 1.54) is 0 Å². The van der Waals surface area contributed by atoms with E-state index >= 15 is 0 Å². The van der Waals surface area contributed by atoms with Crippen molar-refractivity contribution in [3.63, 3.8) is 0 Å². The van der Waals surface area contributed by atoms with Crippen molar-refractivity contribution in [2.75, 3.05) is 39.3 Å². The fraction of sp³-hybridized carbons (Fsp3) is 0.643. The second-order valence-corrected chi connectivity index (χ2v) is 10.1. The summed E-state index contributed by atoms with van der Waals surface area (Å²) in [5.74, 6) is -2.98. The molecule has 224 valence electrons. The van der Waals surface area contributed by atoms with Crippen molar-refractivity contribution in [2.45, 2.75) is 58.0 Å². The number of hydrogen-bond acceptors (Lipinski definition) is 6. The van der Waals surface area contributed by atoms with Crippen LogP contribution in [0.1, 0.15) is 51.0 Å². The van der Waals surface area contributed by atoms with Crippen molar-refractivity contribution in [3.8, 4) is 0 Å². The average molecular weight is 572 g/mol. The van der Waals surface area contributed by atoms with Gasteiger partial charge in [-0.1, -0.05) is 30.3 Å². The molecule has 0 saturated carbocycles. The highest BCUT2D eigenvalue weighted by Crippen LogP contribution is 2.22. The van der Waals surface area contributed by atoms with Crippen LogP contribution in [-0.4, -0.2) is 79.3 Å². The lowest BCUT2D eigenvalue weighted by atomic mass is 9.92. The lowest BCUT2D eigenvalue weighted by molar-refractivity contribution is -0.192. The van der Waals surface area contributed by atoms with Crippen molar-refractivity contribution in [1.29, 1.82) is 0 Å². The van der Waals surface area contributed by atoms with Gasteiger partial charge in [0.15, 0.2) is 0 Å². The molecule has 0 radical (unpaired) electrons. The zero-order valence-electron chi connectivity index (χ0n) is 22.9. The van der Waals surface area contributed by atoms with Crippen LogP contribution in [-0.2, 0) is 30.3 Å². The highest BCUT2D eigenvalue weighted by Gasteiger charge is 2.38. The van der Waals surface area contributed by atoms with Crippen molar-refractivity contribution in [1.82, 2.24) is 15.5 Å². The second-order valence-electron chi connectivity index (χ2n) is 10.1. The number of carboxylic acids is 1. The number of likely N-dealkylation sites (tertiary alicyclic amines) is 1. The van der Waals surface area contributed by atoms with E-state index in [4.69, 9.17) is 14.6 Å². The molecular weight excluding hydrogens is 531 g/mol. The Bertz CT molecular complexity index is 954. The molecule has 2 heterocycles. The summed E-state index contributed by atoms with van der Waals surface area (Å²) in [6, 6.07) is 9.77. The third-order valence-corrected chi connectivity index (χ3v) is 7.08. The molecule has 2 aliphatic heterocycles. The van der Waals surface area contributed by atoms with Crippen LogP contribution in [0.3, 0.4) is 0 Å². The van der Waals surface area contributed by atoms with Gasteiger partial charge in [-0.2, -0.15) is 13.2 Å². The standard InChI is InChI=1S/C26H39N3O4.C2HF3O2/c1-2-33-26(32)23(17-21-7-4-3-5-8-21)18-28-25(31)22-9-6-16-29(19-22)24(30)11-10-20-12-14-27-15-13-20;3-2(4,5)1(6)7/h3-5,7-8,20,22-23,27H,2,6,9-19H2,1H3,(H,28,31);(H,6,7)/t22-,23?;/m1./s1. The molecule has 2 atom stereocenters. The van der Waals surface area contributed by atoms with Crippen LogP contribution < -0.4 is 10.6 Å². The number of nitrogens with one attached hydrogen (secondary N) is 2. The maximum Gasteiger partial charge on any atom is 0.490 e. The van der Waals surface area contributed by atoms with E-state index in [0.717, 1.165) is 57.3 Å². The van der Waals surface area contributed by atoms with Crippen molar-refractivity contribution < 1.29 is 42.2 Å². The number of ether oxygens (including phenoxy) is 1. The van der Waals surface area contributed by atoms with Gasteiger partial charge in [0, 0.05) is 26.1 Å². The molecule has 0 aliphatic carbocycles. The summed E-state index contributed by atoms with van der Waals surface area (Å²) < 4.78 is 37.0. The van der Waals surface area contributed by atoms with Gasteiger partial charge in [0.2, 0.25) is 11.8 Å². The molecule has 1 unspecified atom stereocenters. The Labute approximate surface area is 232 Å². The summed E-state index contributed by atoms with van der Waals surface area (Å²) in [6.07, 6.45) is 0.836. The minimum atomic E-state index is -5.08. The van der Waals surface area contributed by atoms with Crippen LogP contribution in [0.5, 0.6) is 0 Å². The Kier molecular flexibility index (Phi) is 13.9. The Balaban J connectivity index is 0.000000708. The number of benzene rings is 1. The number of carbonyl (C=O) groups is 4. The molecule has 3 N–H and O–H groups in total. The molecule has 0 bridgehead atoms. The molecule has 1 aromatic rings. The fourth-order valence-corrected chi connectivity index (χ4v) is 4.84. The van der Waals surface area contributed by atoms with E-state index in [1.807, 2.05) is 35.2 Å². The molecule has 0 aromatic heterocycles. The number of amides is 2. The number of alkyl halides is 3. The maximum atomic E-state index is 12.9. The smallest absolute Gasteiger partial charge is 0.475 e. The number of nitrogens with zero attached hydrogens (tertiary/aromatic N) is 1. The zero-order valence-corrected chi connectivity index (χ0v) is 22.9. The third kappa shape index (κ3) is 11.9. The fourth-order valence-electron chi connectivity index (χ4n) is 4.84. The number of carbonyl (C=O) groups excluding carboxylic acids is 3. The number of halogens is 3. The van der Waals surface area contributed by atoms with Gasteiger partial charge in [-0.05, 0) is 70.0 Å². The topological polar surface area (TPSA) is 125 Å². The number of esters is 1. The molecule has 2 saturated heterocycles. The van der Waals surface area contributed by atoms with Gasteiger partial charge in [0.25, 0.3) is 0 Å². The monoisotopic (exact) mass is 571 g/mol. The second kappa shape index (κ2) is 16.8. The first-order valence-corrected chi connectivity index (χ1v) is 13.8. The van der Waals surface area contributed by atoms with E-state index in [9.17, 15) is 27.6 Å². The Morgan fingerprint density at radius 3 is 2.38 bits per heavy atom. The molecular formula is C28H40F3N3O6. The SMILES string of the molecule is CCOC(=O)C(CNC(=O)[C@@H]1CCCN(C(=O)CCC2CCNCC2)C1)Cc1ccccc1.O=C(O)C(F)(F)F. The lowest BCUT2D eigenvalue weighted by Gasteiger charge is -2.33. The summed E-state index contributed by atoms with van der Waals surface area (Å²) in [6.45, 7) is 5.63. The quantitative estimate of drug-likeness (QED) is 0.369. The molecule has 2 amide bonds. The van der Waals surface area contributed by atoms with Gasteiger partial charge in [0.05, 0.1) is 18.4 Å². The maximum absolute atomic E-state index is 12.9. The number of rotatable bonds is 10. The van der Waals surface area contributed by atoms with Crippen LogP contribution in [0.25, 0.3) is 0 Å². The first kappa shape index (κ1) is 33.1. The van der Waals surface area contributed by atoms with Gasteiger partial charge < -0.3 is 25.4 Å². The molecule has 2 fully saturated rings. The van der Waals surface area contributed by atoms with Crippen LogP contribution in [0, 0.1) is 17.8 Å². The van der Waals surface area contributed by atoms with E-state index in [-0.39, 0.29) is 30.2 Å². The normalized spacial score (nSPS) is 18.6. The van der Waals surface area contributed by atoms with E-state index in [1.54, 1.807) is 6.92 Å². The Morgan fingerprint density at radius 1 is 1.12 bits per heavy atom. The summed E-state index contributed by atoms with van der Waals surface area (Å²) >= 11 is 0. The molecule has 3 rings (SSSR count). The summed E-state index contributed by atoms with van der Waals surface area (Å²) in [7, 11) is 0. The van der Waals surface area contributed by atoms with Crippen molar-refractivity contribution in [2.24, 2.45) is 17.8 Å².